The molecule has 0 aliphatic carbocycles. The molecule has 0 saturated heterocycles. The van der Waals surface area contributed by atoms with E-state index in [9.17, 15) is 0 Å². The topological polar surface area (TPSA) is 56.5 Å². The zero-order valence-electron chi connectivity index (χ0n) is 8.82. The Labute approximate surface area is 89.4 Å². The molecule has 0 amide bonds. The van der Waals surface area contributed by atoms with Crippen molar-refractivity contribution in [2.45, 2.75) is 13.0 Å². The second kappa shape index (κ2) is 4.40. The standard InChI is InChI=1S/C11H16N2O2/c1-2-14-9-6-13-10-5-8(12)3-4-11(10)15-7-9/h3-5,9,13H,2,6-7,12H2,1H3. The van der Waals surface area contributed by atoms with Crippen molar-refractivity contribution in [3.05, 3.63) is 18.2 Å². The molecule has 15 heavy (non-hydrogen) atoms. The van der Waals surface area contributed by atoms with E-state index in [0.717, 1.165) is 23.7 Å². The highest BCUT2D eigenvalue weighted by Crippen LogP contribution is 2.28. The molecule has 1 aliphatic rings. The van der Waals surface area contributed by atoms with Crippen LogP contribution in [0.3, 0.4) is 0 Å². The summed E-state index contributed by atoms with van der Waals surface area (Å²) in [5, 5.41) is 3.27. The number of ether oxygens (including phenoxy) is 2. The number of hydrogen-bond acceptors (Lipinski definition) is 4. The highest BCUT2D eigenvalue weighted by atomic mass is 16.5. The zero-order chi connectivity index (χ0) is 10.7. The van der Waals surface area contributed by atoms with Crippen molar-refractivity contribution in [1.82, 2.24) is 0 Å². The van der Waals surface area contributed by atoms with Crippen molar-refractivity contribution in [3.8, 4) is 5.75 Å². The van der Waals surface area contributed by atoms with E-state index in [0.29, 0.717) is 13.2 Å². The third kappa shape index (κ3) is 2.33. The monoisotopic (exact) mass is 208 g/mol. The van der Waals surface area contributed by atoms with E-state index in [-0.39, 0.29) is 6.10 Å². The molecule has 4 nitrogen and oxygen atoms in total. The largest absolute Gasteiger partial charge is 0.489 e. The molecule has 3 N–H and O–H groups in total. The number of hydrogen-bond donors (Lipinski definition) is 2. The van der Waals surface area contributed by atoms with Gasteiger partial charge in [0.05, 0.1) is 5.69 Å². The van der Waals surface area contributed by atoms with Gasteiger partial charge in [0.15, 0.2) is 0 Å². The molecule has 0 aromatic heterocycles. The van der Waals surface area contributed by atoms with Crippen molar-refractivity contribution in [1.29, 1.82) is 0 Å². The van der Waals surface area contributed by atoms with Crippen LogP contribution in [0.25, 0.3) is 0 Å². The maximum Gasteiger partial charge on any atom is 0.142 e. The Bertz CT molecular complexity index is 341. The molecule has 1 aromatic rings. The number of benzene rings is 1. The van der Waals surface area contributed by atoms with Crippen LogP contribution in [0.1, 0.15) is 6.92 Å². The first-order chi connectivity index (χ1) is 7.29. The van der Waals surface area contributed by atoms with Crippen molar-refractivity contribution >= 4 is 11.4 Å². The van der Waals surface area contributed by atoms with Crippen molar-refractivity contribution in [2.24, 2.45) is 0 Å². The molecular formula is C11H16N2O2. The lowest BCUT2D eigenvalue weighted by molar-refractivity contribution is 0.0393. The summed E-state index contributed by atoms with van der Waals surface area (Å²) in [6, 6.07) is 5.59. The maximum atomic E-state index is 5.70. The van der Waals surface area contributed by atoms with Crippen LogP contribution < -0.4 is 15.8 Å². The van der Waals surface area contributed by atoms with Crippen LogP contribution in [0, 0.1) is 0 Å². The first-order valence-electron chi connectivity index (χ1n) is 5.17. The van der Waals surface area contributed by atoms with E-state index in [1.165, 1.54) is 0 Å². The molecule has 2 rings (SSSR count). The number of nitrogens with two attached hydrogens (primary N) is 1. The lowest BCUT2D eigenvalue weighted by Gasteiger charge is -2.13. The first kappa shape index (κ1) is 10.1. The van der Waals surface area contributed by atoms with Crippen molar-refractivity contribution in [3.63, 3.8) is 0 Å². The second-order valence-electron chi connectivity index (χ2n) is 3.52. The Hall–Kier alpha value is -1.42. The van der Waals surface area contributed by atoms with Gasteiger partial charge in [0.25, 0.3) is 0 Å². The minimum Gasteiger partial charge on any atom is -0.489 e. The molecule has 0 saturated carbocycles. The minimum absolute atomic E-state index is 0.101. The molecule has 1 aromatic carbocycles. The van der Waals surface area contributed by atoms with Crippen LogP contribution in [0.15, 0.2) is 18.2 Å². The van der Waals surface area contributed by atoms with Crippen LogP contribution in [0.5, 0.6) is 5.75 Å². The average molecular weight is 208 g/mol. The Morgan fingerprint density at radius 1 is 1.60 bits per heavy atom. The Morgan fingerprint density at radius 2 is 2.47 bits per heavy atom. The molecule has 0 bridgehead atoms. The maximum absolute atomic E-state index is 5.70. The van der Waals surface area contributed by atoms with Crippen LogP contribution in [0.2, 0.25) is 0 Å². The minimum atomic E-state index is 0.101. The summed E-state index contributed by atoms with van der Waals surface area (Å²) in [5.41, 5.74) is 7.38. The summed E-state index contributed by atoms with van der Waals surface area (Å²) >= 11 is 0. The molecule has 1 aliphatic heterocycles. The predicted octanol–water partition coefficient (Wildman–Crippen LogP) is 1.48. The van der Waals surface area contributed by atoms with Crippen molar-refractivity contribution < 1.29 is 9.47 Å². The summed E-state index contributed by atoms with van der Waals surface area (Å²) < 4.78 is 11.1. The quantitative estimate of drug-likeness (QED) is 0.723. The van der Waals surface area contributed by atoms with Gasteiger partial charge in [0, 0.05) is 18.8 Å². The van der Waals surface area contributed by atoms with Crippen molar-refractivity contribution in [2.75, 3.05) is 30.8 Å². The van der Waals surface area contributed by atoms with Crippen LogP contribution in [-0.4, -0.2) is 25.9 Å². The SMILES string of the molecule is CCOC1CNc2cc(N)ccc2OC1. The number of fused-ring (bicyclic) bond motifs is 1. The fourth-order valence-corrected chi connectivity index (χ4v) is 1.62. The molecule has 1 atom stereocenters. The lowest BCUT2D eigenvalue weighted by atomic mass is 10.2. The molecule has 0 spiro atoms. The number of nitrogens with one attached hydrogen (secondary N) is 1. The fraction of sp³-hybridized carbons (Fsp3) is 0.455. The summed E-state index contributed by atoms with van der Waals surface area (Å²) in [4.78, 5) is 0. The first-order valence-corrected chi connectivity index (χ1v) is 5.17. The molecule has 1 unspecified atom stereocenters. The Kier molecular flexibility index (Phi) is 2.97. The third-order valence-corrected chi connectivity index (χ3v) is 2.35. The number of rotatable bonds is 2. The fourth-order valence-electron chi connectivity index (χ4n) is 1.62. The van der Waals surface area contributed by atoms with E-state index in [2.05, 4.69) is 5.32 Å². The van der Waals surface area contributed by atoms with E-state index >= 15 is 0 Å². The van der Waals surface area contributed by atoms with Gasteiger partial charge < -0.3 is 20.5 Å². The van der Waals surface area contributed by atoms with Gasteiger partial charge in [-0.1, -0.05) is 0 Å². The van der Waals surface area contributed by atoms with E-state index in [4.69, 9.17) is 15.2 Å². The highest BCUT2D eigenvalue weighted by Gasteiger charge is 2.16. The summed E-state index contributed by atoms with van der Waals surface area (Å²) in [7, 11) is 0. The lowest BCUT2D eigenvalue weighted by Crippen LogP contribution is -2.27. The molecule has 0 radical (unpaired) electrons. The van der Waals surface area contributed by atoms with Gasteiger partial charge in [0.2, 0.25) is 0 Å². The molecule has 1 heterocycles. The summed E-state index contributed by atoms with van der Waals surface area (Å²) in [5.74, 6) is 0.839. The molecule has 4 heteroatoms. The van der Waals surface area contributed by atoms with E-state index in [1.54, 1.807) is 0 Å². The number of anilines is 2. The van der Waals surface area contributed by atoms with Gasteiger partial charge in [-0.2, -0.15) is 0 Å². The van der Waals surface area contributed by atoms with Gasteiger partial charge >= 0.3 is 0 Å². The molecule has 0 fully saturated rings. The molecular weight excluding hydrogens is 192 g/mol. The Balaban J connectivity index is 2.11. The van der Waals surface area contributed by atoms with E-state index < -0.39 is 0 Å². The predicted molar refractivity (Wildman–Crippen MR) is 60.3 cm³/mol. The molecule has 82 valence electrons. The summed E-state index contributed by atoms with van der Waals surface area (Å²) in [6.07, 6.45) is 0.101. The second-order valence-corrected chi connectivity index (χ2v) is 3.52. The van der Waals surface area contributed by atoms with Crippen LogP contribution in [0.4, 0.5) is 11.4 Å². The highest BCUT2D eigenvalue weighted by molar-refractivity contribution is 5.63. The normalized spacial score (nSPS) is 19.7. The summed E-state index contributed by atoms with van der Waals surface area (Å²) in [6.45, 7) is 4.02. The zero-order valence-corrected chi connectivity index (χ0v) is 8.82. The number of nitrogen functional groups attached to an aromatic ring is 1. The van der Waals surface area contributed by atoms with Gasteiger partial charge in [-0.15, -0.1) is 0 Å². The van der Waals surface area contributed by atoms with Gasteiger partial charge in [-0.25, -0.2) is 0 Å². The third-order valence-electron chi connectivity index (χ3n) is 2.35. The van der Waals surface area contributed by atoms with Crippen LogP contribution >= 0.6 is 0 Å². The van der Waals surface area contributed by atoms with Gasteiger partial charge in [0.1, 0.15) is 18.5 Å². The Morgan fingerprint density at radius 3 is 3.27 bits per heavy atom. The van der Waals surface area contributed by atoms with Gasteiger partial charge in [-0.3, -0.25) is 0 Å². The average Bonchev–Trinajstić information content (AvgIpc) is 2.42. The smallest absolute Gasteiger partial charge is 0.142 e. The van der Waals surface area contributed by atoms with Crippen LogP contribution in [-0.2, 0) is 4.74 Å². The van der Waals surface area contributed by atoms with E-state index in [1.807, 2.05) is 25.1 Å². The van der Waals surface area contributed by atoms with Gasteiger partial charge in [-0.05, 0) is 25.1 Å².